The largest absolute Gasteiger partial charge is 0.522 e. The van der Waals surface area contributed by atoms with E-state index in [1.165, 1.54) is 64.2 Å². The molecule has 5 aliphatic rings. The SMILES string of the molecule is CC(C)(C)C1CC2CCCCC2C2OC(C3CCCCC3)(C3CCC(OC(F)(F)F)CC3)C=CC21. The van der Waals surface area contributed by atoms with Gasteiger partial charge in [-0.05, 0) is 86.4 Å². The van der Waals surface area contributed by atoms with Gasteiger partial charge >= 0.3 is 6.36 Å². The fourth-order valence-electron chi connectivity index (χ4n) is 9.01. The highest BCUT2D eigenvalue weighted by atomic mass is 19.4. The van der Waals surface area contributed by atoms with Crippen molar-refractivity contribution in [2.24, 2.45) is 40.9 Å². The Labute approximate surface area is 210 Å². The molecular weight excluding hydrogens is 449 g/mol. The Bertz CT molecular complexity index is 742. The molecule has 1 aliphatic heterocycles. The van der Waals surface area contributed by atoms with E-state index in [1.54, 1.807) is 0 Å². The van der Waals surface area contributed by atoms with Crippen LogP contribution < -0.4 is 0 Å². The molecule has 0 amide bonds. The molecule has 5 heteroatoms. The molecule has 0 aromatic rings. The van der Waals surface area contributed by atoms with Gasteiger partial charge in [-0.3, -0.25) is 4.74 Å². The third-order valence-electron chi connectivity index (χ3n) is 10.7. The van der Waals surface area contributed by atoms with Crippen molar-refractivity contribution in [2.75, 3.05) is 0 Å². The summed E-state index contributed by atoms with van der Waals surface area (Å²) in [5, 5.41) is 0. The summed E-state index contributed by atoms with van der Waals surface area (Å²) in [4.78, 5) is 0. The summed E-state index contributed by atoms with van der Waals surface area (Å²) in [5.41, 5.74) is -0.0522. The van der Waals surface area contributed by atoms with Crippen LogP contribution in [0.1, 0.15) is 111 Å². The van der Waals surface area contributed by atoms with Crippen LogP contribution in [0.15, 0.2) is 12.2 Å². The lowest BCUT2D eigenvalue weighted by atomic mass is 9.54. The van der Waals surface area contributed by atoms with E-state index in [-0.39, 0.29) is 17.1 Å². The molecule has 0 saturated heterocycles. The molecule has 4 aliphatic carbocycles. The van der Waals surface area contributed by atoms with Crippen LogP contribution >= 0.6 is 0 Å². The molecule has 0 bridgehead atoms. The van der Waals surface area contributed by atoms with Gasteiger partial charge in [0, 0.05) is 5.92 Å². The number of rotatable bonds is 3. The maximum atomic E-state index is 12.9. The van der Waals surface area contributed by atoms with Gasteiger partial charge < -0.3 is 4.74 Å². The van der Waals surface area contributed by atoms with Gasteiger partial charge in [-0.2, -0.15) is 0 Å². The Balaban J connectivity index is 1.44. The summed E-state index contributed by atoms with van der Waals surface area (Å²) in [6.07, 6.45) is 15.4. The first-order valence-electron chi connectivity index (χ1n) is 14.7. The third kappa shape index (κ3) is 5.38. The fraction of sp³-hybridized carbons (Fsp3) is 0.933. The van der Waals surface area contributed by atoms with E-state index in [9.17, 15) is 13.2 Å². The number of ether oxygens (including phenoxy) is 2. The van der Waals surface area contributed by atoms with Crippen molar-refractivity contribution in [3.8, 4) is 0 Å². The Morgan fingerprint density at radius 3 is 2.09 bits per heavy atom. The molecule has 2 nitrogen and oxygen atoms in total. The van der Waals surface area contributed by atoms with E-state index < -0.39 is 12.5 Å². The molecule has 0 spiro atoms. The lowest BCUT2D eigenvalue weighted by molar-refractivity contribution is -0.346. The Morgan fingerprint density at radius 2 is 1.43 bits per heavy atom. The topological polar surface area (TPSA) is 18.5 Å². The maximum absolute atomic E-state index is 12.9. The second-order valence-corrected chi connectivity index (χ2v) is 13.7. The predicted molar refractivity (Wildman–Crippen MR) is 133 cm³/mol. The predicted octanol–water partition coefficient (Wildman–Crippen LogP) is 8.84. The quantitative estimate of drug-likeness (QED) is 0.363. The highest BCUT2D eigenvalue weighted by Gasteiger charge is 2.56. The minimum absolute atomic E-state index is 0.247. The van der Waals surface area contributed by atoms with Crippen LogP contribution in [0.4, 0.5) is 13.2 Å². The van der Waals surface area contributed by atoms with Crippen molar-refractivity contribution in [1.29, 1.82) is 0 Å². The van der Waals surface area contributed by atoms with Crippen LogP contribution in [-0.4, -0.2) is 24.2 Å². The first kappa shape index (κ1) is 26.1. The third-order valence-corrected chi connectivity index (χ3v) is 10.7. The molecule has 1 heterocycles. The highest BCUT2D eigenvalue weighted by molar-refractivity contribution is 5.19. The van der Waals surface area contributed by atoms with Gasteiger partial charge in [0.05, 0.1) is 17.8 Å². The van der Waals surface area contributed by atoms with Gasteiger partial charge in [-0.1, -0.05) is 71.4 Å². The molecule has 5 rings (SSSR count). The Kier molecular flexibility index (Phi) is 7.42. The van der Waals surface area contributed by atoms with Crippen LogP contribution in [-0.2, 0) is 9.47 Å². The number of hydrogen-bond donors (Lipinski definition) is 0. The van der Waals surface area contributed by atoms with Crippen molar-refractivity contribution < 1.29 is 22.6 Å². The average Bonchev–Trinajstić information content (AvgIpc) is 2.82. The van der Waals surface area contributed by atoms with Gasteiger partial charge in [-0.15, -0.1) is 13.2 Å². The van der Waals surface area contributed by atoms with Crippen LogP contribution in [0.3, 0.4) is 0 Å². The second kappa shape index (κ2) is 9.97. The summed E-state index contributed by atoms with van der Waals surface area (Å²) >= 11 is 0. The zero-order valence-electron chi connectivity index (χ0n) is 22.1. The van der Waals surface area contributed by atoms with E-state index >= 15 is 0 Å². The zero-order valence-corrected chi connectivity index (χ0v) is 22.1. The summed E-state index contributed by atoms with van der Waals surface area (Å²) in [6.45, 7) is 7.20. The summed E-state index contributed by atoms with van der Waals surface area (Å²) in [7, 11) is 0. The Morgan fingerprint density at radius 1 is 0.800 bits per heavy atom. The normalized spacial score (nSPS) is 43.4. The molecule has 200 valence electrons. The van der Waals surface area contributed by atoms with E-state index in [1.807, 2.05) is 0 Å². The minimum atomic E-state index is -4.53. The van der Waals surface area contributed by atoms with Crippen molar-refractivity contribution in [2.45, 2.75) is 135 Å². The molecule has 35 heavy (non-hydrogen) atoms. The van der Waals surface area contributed by atoms with Crippen molar-refractivity contribution in [1.82, 2.24) is 0 Å². The lowest BCUT2D eigenvalue weighted by Gasteiger charge is -2.59. The second-order valence-electron chi connectivity index (χ2n) is 13.7. The van der Waals surface area contributed by atoms with Crippen molar-refractivity contribution >= 4 is 0 Å². The van der Waals surface area contributed by atoms with Gasteiger partial charge in [0.2, 0.25) is 0 Å². The monoisotopic (exact) mass is 496 g/mol. The lowest BCUT2D eigenvalue weighted by Crippen LogP contribution is -2.59. The first-order valence-corrected chi connectivity index (χ1v) is 14.7. The average molecular weight is 497 g/mol. The van der Waals surface area contributed by atoms with Crippen LogP contribution in [0, 0.1) is 40.9 Å². The van der Waals surface area contributed by atoms with E-state index in [4.69, 9.17) is 4.74 Å². The van der Waals surface area contributed by atoms with E-state index in [0.717, 1.165) is 18.8 Å². The number of hydrogen-bond acceptors (Lipinski definition) is 2. The fourth-order valence-corrected chi connectivity index (χ4v) is 9.01. The molecule has 0 aromatic carbocycles. The van der Waals surface area contributed by atoms with E-state index in [0.29, 0.717) is 42.4 Å². The number of alkyl halides is 3. The molecule has 0 aromatic heterocycles. The van der Waals surface area contributed by atoms with Crippen LogP contribution in [0.5, 0.6) is 0 Å². The number of halogens is 3. The highest BCUT2D eigenvalue weighted by Crippen LogP contribution is 2.58. The van der Waals surface area contributed by atoms with Crippen LogP contribution in [0.25, 0.3) is 0 Å². The summed E-state index contributed by atoms with van der Waals surface area (Å²) < 4.78 is 50.6. The molecule has 6 unspecified atom stereocenters. The summed E-state index contributed by atoms with van der Waals surface area (Å²) in [6, 6.07) is 0. The number of fused-ring (bicyclic) bond motifs is 3. The van der Waals surface area contributed by atoms with Gasteiger partial charge in [0.15, 0.2) is 0 Å². The van der Waals surface area contributed by atoms with Crippen molar-refractivity contribution in [3.63, 3.8) is 0 Å². The Hall–Kier alpha value is -0.550. The summed E-state index contributed by atoms with van der Waals surface area (Å²) in [5.74, 6) is 3.30. The maximum Gasteiger partial charge on any atom is 0.522 e. The molecule has 0 radical (unpaired) electrons. The molecule has 4 fully saturated rings. The first-order chi connectivity index (χ1) is 16.6. The van der Waals surface area contributed by atoms with Crippen LogP contribution in [0.2, 0.25) is 0 Å². The van der Waals surface area contributed by atoms with Crippen molar-refractivity contribution in [3.05, 3.63) is 12.2 Å². The zero-order chi connectivity index (χ0) is 24.8. The van der Waals surface area contributed by atoms with Gasteiger partial charge in [-0.25, -0.2) is 0 Å². The van der Waals surface area contributed by atoms with Gasteiger partial charge in [0.1, 0.15) is 0 Å². The molecule has 6 atom stereocenters. The molecule has 4 saturated carbocycles. The smallest absolute Gasteiger partial charge is 0.366 e. The standard InChI is InChI=1S/C30H47F3O2/c1-28(2,3)26-19-20-9-7-8-12-24(20)27-25(26)17-18-29(35-27,21-10-5-4-6-11-21)22-13-15-23(16-14-22)34-30(31,32)33/h17-18,20-27H,4-16,19H2,1-3H3. The van der Waals surface area contributed by atoms with Gasteiger partial charge in [0.25, 0.3) is 0 Å². The van der Waals surface area contributed by atoms with E-state index in [2.05, 4.69) is 37.7 Å². The molecular formula is C30H47F3O2. The minimum Gasteiger partial charge on any atom is -0.366 e. The molecule has 0 N–H and O–H groups in total.